The number of hydrogen-bond acceptors (Lipinski definition) is 2. The van der Waals surface area contributed by atoms with Gasteiger partial charge < -0.3 is 10.4 Å². The number of anilines is 1. The molecule has 20 heavy (non-hydrogen) atoms. The number of carboxylic acids is 1. The summed E-state index contributed by atoms with van der Waals surface area (Å²) >= 11 is 5.89. The summed E-state index contributed by atoms with van der Waals surface area (Å²) in [5, 5.41) is 13.2. The van der Waals surface area contributed by atoms with Crippen molar-refractivity contribution in [3.8, 4) is 0 Å². The van der Waals surface area contributed by atoms with Crippen molar-refractivity contribution < 1.29 is 9.90 Å². The van der Waals surface area contributed by atoms with Crippen molar-refractivity contribution in [1.82, 2.24) is 0 Å². The minimum absolute atomic E-state index is 0.0489. The van der Waals surface area contributed by atoms with Crippen LogP contribution >= 0.6 is 11.6 Å². The van der Waals surface area contributed by atoms with Gasteiger partial charge in [-0.05, 0) is 36.2 Å². The molecule has 0 heterocycles. The zero-order valence-electron chi connectivity index (χ0n) is 11.1. The Morgan fingerprint density at radius 1 is 1.20 bits per heavy atom. The van der Waals surface area contributed by atoms with Crippen LogP contribution in [-0.4, -0.2) is 11.1 Å². The lowest BCUT2D eigenvalue weighted by atomic mass is 10.0. The Morgan fingerprint density at radius 2 is 1.85 bits per heavy atom. The Balaban J connectivity index is 2.27. The van der Waals surface area contributed by atoms with E-state index in [1.54, 1.807) is 18.2 Å². The molecule has 2 aromatic carbocycles. The topological polar surface area (TPSA) is 49.3 Å². The van der Waals surface area contributed by atoms with Gasteiger partial charge in [0.25, 0.3) is 0 Å². The standard InChI is InChI=1S/C16H16ClNO2/c1-2-14(11-7-9-12(17)10-8-11)18-15-6-4-3-5-13(15)16(19)20/h3-10,14,18H,2H2,1H3,(H,19,20). The predicted molar refractivity (Wildman–Crippen MR) is 81.5 cm³/mol. The smallest absolute Gasteiger partial charge is 0.337 e. The highest BCUT2D eigenvalue weighted by atomic mass is 35.5. The van der Waals surface area contributed by atoms with Crippen LogP contribution in [0.2, 0.25) is 5.02 Å². The number of carbonyl (C=O) groups is 1. The number of nitrogens with one attached hydrogen (secondary N) is 1. The summed E-state index contributed by atoms with van der Waals surface area (Å²) in [5.74, 6) is -0.931. The van der Waals surface area contributed by atoms with Crippen molar-refractivity contribution in [3.63, 3.8) is 0 Å². The third-order valence-electron chi connectivity index (χ3n) is 3.17. The quantitative estimate of drug-likeness (QED) is 0.845. The van der Waals surface area contributed by atoms with E-state index in [0.717, 1.165) is 12.0 Å². The zero-order valence-corrected chi connectivity index (χ0v) is 11.9. The van der Waals surface area contributed by atoms with Crippen LogP contribution in [0.1, 0.15) is 35.3 Å². The van der Waals surface area contributed by atoms with Crippen molar-refractivity contribution in [2.75, 3.05) is 5.32 Å². The van der Waals surface area contributed by atoms with E-state index in [9.17, 15) is 9.90 Å². The van der Waals surface area contributed by atoms with Gasteiger partial charge in [-0.15, -0.1) is 0 Å². The Bertz CT molecular complexity index is 596. The second kappa shape index (κ2) is 6.44. The van der Waals surface area contributed by atoms with E-state index < -0.39 is 5.97 Å². The summed E-state index contributed by atoms with van der Waals surface area (Å²) in [7, 11) is 0. The van der Waals surface area contributed by atoms with Gasteiger partial charge >= 0.3 is 5.97 Å². The maximum Gasteiger partial charge on any atom is 0.337 e. The van der Waals surface area contributed by atoms with Gasteiger partial charge in [-0.3, -0.25) is 0 Å². The van der Waals surface area contributed by atoms with E-state index in [0.29, 0.717) is 10.7 Å². The number of hydrogen-bond donors (Lipinski definition) is 2. The largest absolute Gasteiger partial charge is 0.478 e. The number of para-hydroxylation sites is 1. The van der Waals surface area contributed by atoms with Crippen molar-refractivity contribution in [3.05, 3.63) is 64.7 Å². The highest BCUT2D eigenvalue weighted by molar-refractivity contribution is 6.30. The maximum absolute atomic E-state index is 11.2. The van der Waals surface area contributed by atoms with Crippen LogP contribution in [0.4, 0.5) is 5.69 Å². The number of rotatable bonds is 5. The molecule has 0 bridgehead atoms. The lowest BCUT2D eigenvalue weighted by Gasteiger charge is -2.20. The molecule has 2 aromatic rings. The second-order valence-electron chi connectivity index (χ2n) is 4.51. The van der Waals surface area contributed by atoms with Gasteiger partial charge in [-0.2, -0.15) is 0 Å². The molecule has 1 atom stereocenters. The van der Waals surface area contributed by atoms with Crippen LogP contribution in [0.25, 0.3) is 0 Å². The molecular weight excluding hydrogens is 274 g/mol. The van der Waals surface area contributed by atoms with Gasteiger partial charge in [-0.25, -0.2) is 4.79 Å². The summed E-state index contributed by atoms with van der Waals surface area (Å²) in [6, 6.07) is 14.5. The molecular formula is C16H16ClNO2. The van der Waals surface area contributed by atoms with Crippen LogP contribution in [0.3, 0.4) is 0 Å². The lowest BCUT2D eigenvalue weighted by molar-refractivity contribution is 0.0698. The third-order valence-corrected chi connectivity index (χ3v) is 3.42. The minimum Gasteiger partial charge on any atom is -0.478 e. The van der Waals surface area contributed by atoms with E-state index in [1.807, 2.05) is 30.3 Å². The molecule has 104 valence electrons. The second-order valence-corrected chi connectivity index (χ2v) is 4.94. The highest BCUT2D eigenvalue weighted by Gasteiger charge is 2.14. The van der Waals surface area contributed by atoms with Gasteiger partial charge in [-0.1, -0.05) is 42.8 Å². The van der Waals surface area contributed by atoms with E-state index in [4.69, 9.17) is 11.6 Å². The molecule has 0 aliphatic heterocycles. The molecule has 2 N–H and O–H groups in total. The van der Waals surface area contributed by atoms with Gasteiger partial charge in [0.15, 0.2) is 0 Å². The number of halogens is 1. The van der Waals surface area contributed by atoms with Crippen LogP contribution in [0.15, 0.2) is 48.5 Å². The Hall–Kier alpha value is -2.00. The average Bonchev–Trinajstić information content (AvgIpc) is 2.46. The fourth-order valence-corrected chi connectivity index (χ4v) is 2.23. The van der Waals surface area contributed by atoms with Crippen LogP contribution in [0.5, 0.6) is 0 Å². The summed E-state index contributed by atoms with van der Waals surface area (Å²) in [5.41, 5.74) is 1.99. The molecule has 0 fully saturated rings. The van der Waals surface area contributed by atoms with Gasteiger partial charge in [0, 0.05) is 10.7 Å². The van der Waals surface area contributed by atoms with E-state index in [-0.39, 0.29) is 11.6 Å². The predicted octanol–water partition coefficient (Wildman–Crippen LogP) is 4.60. The average molecular weight is 290 g/mol. The van der Waals surface area contributed by atoms with Gasteiger partial charge in [0.2, 0.25) is 0 Å². The first kappa shape index (κ1) is 14.4. The molecule has 2 rings (SSSR count). The monoisotopic (exact) mass is 289 g/mol. The van der Waals surface area contributed by atoms with E-state index in [1.165, 1.54) is 0 Å². The summed E-state index contributed by atoms with van der Waals surface area (Å²) in [6.45, 7) is 2.05. The lowest BCUT2D eigenvalue weighted by Crippen LogP contribution is -2.12. The first-order valence-electron chi connectivity index (χ1n) is 6.46. The van der Waals surface area contributed by atoms with Crippen molar-refractivity contribution in [1.29, 1.82) is 0 Å². The summed E-state index contributed by atoms with van der Waals surface area (Å²) < 4.78 is 0. The minimum atomic E-state index is -0.931. The molecule has 0 amide bonds. The van der Waals surface area contributed by atoms with Crippen molar-refractivity contribution >= 4 is 23.3 Å². The van der Waals surface area contributed by atoms with Crippen molar-refractivity contribution in [2.24, 2.45) is 0 Å². The highest BCUT2D eigenvalue weighted by Crippen LogP contribution is 2.26. The molecule has 0 aromatic heterocycles. The Labute approximate surface area is 123 Å². The number of benzene rings is 2. The zero-order chi connectivity index (χ0) is 14.5. The van der Waals surface area contributed by atoms with Crippen LogP contribution < -0.4 is 5.32 Å². The number of aromatic carboxylic acids is 1. The molecule has 4 heteroatoms. The molecule has 0 saturated heterocycles. The SMILES string of the molecule is CCC(Nc1ccccc1C(=O)O)c1ccc(Cl)cc1. The van der Waals surface area contributed by atoms with Crippen LogP contribution in [-0.2, 0) is 0 Å². The van der Waals surface area contributed by atoms with Gasteiger partial charge in [0.05, 0.1) is 11.6 Å². The Kier molecular flexibility index (Phi) is 4.64. The fraction of sp³-hybridized carbons (Fsp3) is 0.188. The first-order valence-corrected chi connectivity index (χ1v) is 6.84. The molecule has 0 spiro atoms. The summed E-state index contributed by atoms with van der Waals surface area (Å²) in [6.07, 6.45) is 0.843. The Morgan fingerprint density at radius 3 is 2.45 bits per heavy atom. The molecule has 0 aliphatic rings. The molecule has 0 radical (unpaired) electrons. The van der Waals surface area contributed by atoms with E-state index >= 15 is 0 Å². The van der Waals surface area contributed by atoms with Crippen molar-refractivity contribution in [2.45, 2.75) is 19.4 Å². The number of carboxylic acid groups (broad SMARTS) is 1. The summed E-state index contributed by atoms with van der Waals surface area (Å²) in [4.78, 5) is 11.2. The normalized spacial score (nSPS) is 11.9. The molecule has 3 nitrogen and oxygen atoms in total. The van der Waals surface area contributed by atoms with Crippen LogP contribution in [0, 0.1) is 0 Å². The third kappa shape index (κ3) is 3.31. The molecule has 1 unspecified atom stereocenters. The van der Waals surface area contributed by atoms with E-state index in [2.05, 4.69) is 12.2 Å². The molecule has 0 aliphatic carbocycles. The van der Waals surface area contributed by atoms with Gasteiger partial charge in [0.1, 0.15) is 0 Å². The maximum atomic E-state index is 11.2. The first-order chi connectivity index (χ1) is 9.61. The fourth-order valence-electron chi connectivity index (χ4n) is 2.10. The molecule has 0 saturated carbocycles.